The van der Waals surface area contributed by atoms with Crippen LogP contribution in [0.5, 0.6) is 11.5 Å². The van der Waals surface area contributed by atoms with Crippen LogP contribution in [0.4, 0.5) is 0 Å². The maximum atomic E-state index is 6.27. The fourth-order valence-corrected chi connectivity index (χ4v) is 6.62. The van der Waals surface area contributed by atoms with Crippen molar-refractivity contribution in [2.24, 2.45) is 5.41 Å². The maximum absolute atomic E-state index is 6.27. The molecule has 0 aliphatic carbocycles. The largest absolute Gasteiger partial charge is 0.426 e. The van der Waals surface area contributed by atoms with E-state index in [0.717, 1.165) is 29.0 Å². The highest BCUT2D eigenvalue weighted by molar-refractivity contribution is 7.42. The summed E-state index contributed by atoms with van der Waals surface area (Å²) in [7, 11) is -2.95. The van der Waals surface area contributed by atoms with Crippen molar-refractivity contribution in [3.63, 3.8) is 0 Å². The van der Waals surface area contributed by atoms with Crippen LogP contribution in [0, 0.1) is 12.3 Å². The molecule has 2 heterocycles. The third-order valence-electron chi connectivity index (χ3n) is 6.50. The number of aryl methyl sites for hydroxylation is 2. The van der Waals surface area contributed by atoms with Gasteiger partial charge in [0, 0.05) is 5.56 Å². The molecule has 2 saturated heterocycles. The van der Waals surface area contributed by atoms with Crippen molar-refractivity contribution in [1.82, 2.24) is 0 Å². The lowest BCUT2D eigenvalue weighted by Gasteiger charge is -2.41. The van der Waals surface area contributed by atoms with Crippen LogP contribution in [0.15, 0.2) is 36.4 Å². The Morgan fingerprint density at radius 3 is 1.78 bits per heavy atom. The monoisotopic (exact) mass is 534 g/mol. The molecule has 36 heavy (non-hydrogen) atoms. The Morgan fingerprint density at radius 1 is 0.750 bits per heavy atom. The summed E-state index contributed by atoms with van der Waals surface area (Å²) in [6.45, 7) is 19.3. The second kappa shape index (κ2) is 10.8. The third-order valence-corrected chi connectivity index (χ3v) is 8.55. The smallest absolute Gasteiger partial charge is 0.397 e. The summed E-state index contributed by atoms with van der Waals surface area (Å²) < 4.78 is 36.5. The van der Waals surface area contributed by atoms with E-state index in [1.807, 2.05) is 18.2 Å². The van der Waals surface area contributed by atoms with Gasteiger partial charge in [-0.2, -0.15) is 0 Å². The fraction of sp³-hybridized carbons (Fsp3) is 0.571. The molecule has 0 atom stereocenters. The molecule has 4 rings (SSSR count). The molecule has 0 radical (unpaired) electrons. The van der Waals surface area contributed by atoms with Crippen molar-refractivity contribution in [3.8, 4) is 11.5 Å². The molecule has 2 aliphatic heterocycles. The van der Waals surface area contributed by atoms with Gasteiger partial charge in [-0.3, -0.25) is 0 Å². The van der Waals surface area contributed by atoms with Gasteiger partial charge in [-0.1, -0.05) is 78.3 Å². The lowest BCUT2D eigenvalue weighted by molar-refractivity contribution is -0.0673. The number of benzene rings is 2. The van der Waals surface area contributed by atoms with E-state index in [4.69, 9.17) is 27.1 Å². The minimum atomic E-state index is -1.50. The minimum Gasteiger partial charge on any atom is -0.426 e. The highest BCUT2D eigenvalue weighted by Gasteiger charge is 2.45. The Bertz CT molecular complexity index is 1040. The first-order chi connectivity index (χ1) is 16.9. The molecule has 0 bridgehead atoms. The molecule has 0 aromatic heterocycles. The van der Waals surface area contributed by atoms with Gasteiger partial charge in [0.2, 0.25) is 0 Å². The van der Waals surface area contributed by atoms with Crippen molar-refractivity contribution in [3.05, 3.63) is 58.7 Å². The van der Waals surface area contributed by atoms with Crippen LogP contribution in [-0.4, -0.2) is 26.4 Å². The van der Waals surface area contributed by atoms with Gasteiger partial charge >= 0.3 is 17.2 Å². The van der Waals surface area contributed by atoms with Gasteiger partial charge in [0.05, 0.1) is 31.8 Å². The van der Waals surface area contributed by atoms with Gasteiger partial charge in [0.1, 0.15) is 11.5 Å². The zero-order chi connectivity index (χ0) is 26.1. The van der Waals surface area contributed by atoms with E-state index in [2.05, 4.69) is 73.6 Å². The predicted octanol–water partition coefficient (Wildman–Crippen LogP) is 8.14. The average Bonchev–Trinajstić information content (AvgIpc) is 2.82. The maximum Gasteiger partial charge on any atom is 0.397 e. The Kier molecular flexibility index (Phi) is 8.37. The quantitative estimate of drug-likeness (QED) is 0.361. The molecule has 0 unspecified atom stereocenters. The molecule has 8 heteroatoms. The van der Waals surface area contributed by atoms with Crippen LogP contribution in [0.25, 0.3) is 0 Å². The summed E-state index contributed by atoms with van der Waals surface area (Å²) in [5.74, 6) is 1.64. The van der Waals surface area contributed by atoms with E-state index >= 15 is 0 Å². The Labute approximate surface area is 219 Å². The van der Waals surface area contributed by atoms with Gasteiger partial charge in [-0.15, -0.1) is 0 Å². The molecule has 2 aromatic rings. The lowest BCUT2D eigenvalue weighted by atomic mass is 9.80. The molecule has 2 aliphatic rings. The molecule has 1 spiro atoms. The number of rotatable bonds is 5. The Balaban J connectivity index is 1.34. The van der Waals surface area contributed by atoms with Gasteiger partial charge in [-0.25, -0.2) is 0 Å². The SMILES string of the molecule is CCc1cc(C)ccc1OP1OCC2(CO1)COP(Oc1ccc(C(C)(C)C)cc1C(C)(C)C)OC2. The highest BCUT2D eigenvalue weighted by Crippen LogP contribution is 2.54. The first kappa shape index (κ1) is 27.8. The van der Waals surface area contributed by atoms with Crippen molar-refractivity contribution < 1.29 is 27.1 Å². The zero-order valence-electron chi connectivity index (χ0n) is 22.8. The molecule has 2 fully saturated rings. The summed E-state index contributed by atoms with van der Waals surface area (Å²) >= 11 is 0. The highest BCUT2D eigenvalue weighted by atomic mass is 31.2. The molecular weight excluding hydrogens is 494 g/mol. The average molecular weight is 535 g/mol. The van der Waals surface area contributed by atoms with E-state index < -0.39 is 17.2 Å². The summed E-state index contributed by atoms with van der Waals surface area (Å²) in [5, 5.41) is 0. The number of hydrogen-bond donors (Lipinski definition) is 0. The normalized spacial score (nSPS) is 25.1. The summed E-state index contributed by atoms with van der Waals surface area (Å²) in [4.78, 5) is 0. The van der Waals surface area contributed by atoms with Crippen LogP contribution in [0.2, 0.25) is 0 Å². The van der Waals surface area contributed by atoms with E-state index in [1.165, 1.54) is 11.1 Å². The second-order valence-corrected chi connectivity index (χ2v) is 14.2. The zero-order valence-corrected chi connectivity index (χ0v) is 24.6. The van der Waals surface area contributed by atoms with Gasteiger partial charge in [-0.05, 0) is 47.4 Å². The summed E-state index contributed by atoms with van der Waals surface area (Å²) in [6.07, 6.45) is 0.894. The van der Waals surface area contributed by atoms with Crippen LogP contribution < -0.4 is 9.05 Å². The molecule has 0 saturated carbocycles. The minimum absolute atomic E-state index is 0.0652. The third kappa shape index (κ3) is 6.59. The van der Waals surface area contributed by atoms with Crippen molar-refractivity contribution in [2.75, 3.05) is 26.4 Å². The van der Waals surface area contributed by atoms with E-state index in [-0.39, 0.29) is 16.2 Å². The van der Waals surface area contributed by atoms with Gasteiger partial charge in [0.25, 0.3) is 0 Å². The molecule has 0 N–H and O–H groups in total. The van der Waals surface area contributed by atoms with Crippen LogP contribution >= 0.6 is 17.2 Å². The van der Waals surface area contributed by atoms with E-state index in [1.54, 1.807) is 0 Å². The molecular formula is C28H40O6P2. The van der Waals surface area contributed by atoms with Gasteiger partial charge < -0.3 is 27.1 Å². The van der Waals surface area contributed by atoms with E-state index in [9.17, 15) is 0 Å². The first-order valence-corrected chi connectivity index (χ1v) is 14.8. The van der Waals surface area contributed by atoms with Gasteiger partial charge in [0.15, 0.2) is 0 Å². The van der Waals surface area contributed by atoms with Crippen molar-refractivity contribution >= 4 is 17.2 Å². The van der Waals surface area contributed by atoms with Crippen molar-refractivity contribution in [1.29, 1.82) is 0 Å². The second-order valence-electron chi connectivity index (χ2n) is 11.9. The standard InChI is InChI=1S/C28H40O6P2/c1-9-21-14-20(2)10-12-24(21)33-35-29-16-28(17-30-35)18-31-36(32-19-28)34-25-13-11-22(26(3,4)5)15-23(25)27(6,7)8/h10-15H,9,16-19H2,1-8H3. The van der Waals surface area contributed by atoms with Crippen LogP contribution in [-0.2, 0) is 35.3 Å². The summed E-state index contributed by atoms with van der Waals surface area (Å²) in [6, 6.07) is 12.6. The van der Waals surface area contributed by atoms with E-state index in [0.29, 0.717) is 26.4 Å². The lowest BCUT2D eigenvalue weighted by Crippen LogP contribution is -2.45. The van der Waals surface area contributed by atoms with Crippen LogP contribution in [0.1, 0.15) is 70.7 Å². The first-order valence-electron chi connectivity index (χ1n) is 12.6. The predicted molar refractivity (Wildman–Crippen MR) is 146 cm³/mol. The molecule has 0 amide bonds. The number of hydrogen-bond acceptors (Lipinski definition) is 6. The van der Waals surface area contributed by atoms with Crippen molar-refractivity contribution in [2.45, 2.75) is 72.6 Å². The molecule has 2 aromatic carbocycles. The van der Waals surface area contributed by atoms with Crippen LogP contribution in [0.3, 0.4) is 0 Å². The molecule has 6 nitrogen and oxygen atoms in total. The topological polar surface area (TPSA) is 55.4 Å². The Morgan fingerprint density at radius 2 is 1.28 bits per heavy atom. The fourth-order valence-electron chi connectivity index (χ4n) is 4.08. The molecule has 198 valence electrons. The Hall–Kier alpha value is -1.26. The summed E-state index contributed by atoms with van der Waals surface area (Å²) in [5.41, 5.74) is 4.45.